The second-order valence-electron chi connectivity index (χ2n) is 5.94. The summed E-state index contributed by atoms with van der Waals surface area (Å²) in [7, 11) is -3.42. The summed E-state index contributed by atoms with van der Waals surface area (Å²) in [6, 6.07) is 4.15. The number of nitrogens with two attached hydrogens (primary N) is 1. The van der Waals surface area contributed by atoms with Gasteiger partial charge in [0.1, 0.15) is 0 Å². The van der Waals surface area contributed by atoms with Crippen molar-refractivity contribution in [3.63, 3.8) is 0 Å². The number of benzene rings is 1. The Kier molecular flexibility index (Phi) is 6.73. The smallest absolute Gasteiger partial charge is 0.243 e. The molecule has 0 heterocycles. The first-order valence-electron chi connectivity index (χ1n) is 7.41. The highest BCUT2D eigenvalue weighted by Gasteiger charge is 2.17. The molecule has 5 N–H and O–H groups in total. The van der Waals surface area contributed by atoms with Crippen LogP contribution in [0.3, 0.4) is 0 Å². The minimum atomic E-state index is -3.42. The van der Waals surface area contributed by atoms with E-state index in [1.807, 2.05) is 13.8 Å². The zero-order chi connectivity index (χ0) is 18.5. The van der Waals surface area contributed by atoms with Gasteiger partial charge in [0.25, 0.3) is 0 Å². The molecule has 2 amide bonds. The van der Waals surface area contributed by atoms with Crippen LogP contribution >= 0.6 is 0 Å². The lowest BCUT2D eigenvalue weighted by Crippen LogP contribution is -2.46. The first-order valence-corrected chi connectivity index (χ1v) is 9.30. The van der Waals surface area contributed by atoms with E-state index in [0.717, 1.165) is 11.8 Å². The fourth-order valence-electron chi connectivity index (χ4n) is 1.80. The number of carbonyl (C=O) groups is 2. The highest BCUT2D eigenvalue weighted by Crippen LogP contribution is 2.21. The van der Waals surface area contributed by atoms with Crippen LogP contribution in [0.2, 0.25) is 0 Å². The summed E-state index contributed by atoms with van der Waals surface area (Å²) in [5.41, 5.74) is 7.19. The van der Waals surface area contributed by atoms with E-state index in [2.05, 4.69) is 15.4 Å². The lowest BCUT2D eigenvalue weighted by atomic mass is 10.1. The van der Waals surface area contributed by atoms with E-state index >= 15 is 0 Å². The largest absolute Gasteiger partial charge is 0.346 e. The van der Waals surface area contributed by atoms with Crippen molar-refractivity contribution in [2.45, 2.75) is 26.8 Å². The second kappa shape index (κ2) is 8.11. The van der Waals surface area contributed by atoms with Crippen LogP contribution in [0.25, 0.3) is 0 Å². The van der Waals surface area contributed by atoms with Gasteiger partial charge in [-0.3, -0.25) is 14.3 Å². The van der Waals surface area contributed by atoms with Crippen LogP contribution in [-0.2, 0) is 19.6 Å². The Morgan fingerprint density at radius 3 is 2.42 bits per heavy atom. The summed E-state index contributed by atoms with van der Waals surface area (Å²) < 4.78 is 25.0. The van der Waals surface area contributed by atoms with Crippen LogP contribution in [-0.4, -0.2) is 39.1 Å². The topological polar surface area (TPSA) is 130 Å². The fraction of sp³-hybridized carbons (Fsp3) is 0.467. The predicted molar refractivity (Wildman–Crippen MR) is 94.1 cm³/mol. The maximum Gasteiger partial charge on any atom is 0.243 e. The van der Waals surface area contributed by atoms with Crippen molar-refractivity contribution in [1.82, 2.24) is 5.32 Å². The number of hydrogen-bond acceptors (Lipinski definition) is 5. The molecule has 0 saturated heterocycles. The minimum Gasteiger partial charge on any atom is -0.346 e. The van der Waals surface area contributed by atoms with E-state index in [4.69, 9.17) is 5.73 Å². The molecule has 134 valence electrons. The number of aryl methyl sites for hydroxylation is 1. The van der Waals surface area contributed by atoms with E-state index in [-0.39, 0.29) is 12.5 Å². The molecule has 0 saturated carbocycles. The third-order valence-electron chi connectivity index (χ3n) is 3.26. The summed E-state index contributed by atoms with van der Waals surface area (Å²) in [6.07, 6.45) is 1.05. The molecule has 24 heavy (non-hydrogen) atoms. The van der Waals surface area contributed by atoms with Gasteiger partial charge >= 0.3 is 0 Å². The van der Waals surface area contributed by atoms with E-state index in [1.54, 1.807) is 19.1 Å². The van der Waals surface area contributed by atoms with Crippen molar-refractivity contribution < 1.29 is 18.0 Å². The van der Waals surface area contributed by atoms with Gasteiger partial charge in [0.2, 0.25) is 21.8 Å². The van der Waals surface area contributed by atoms with Gasteiger partial charge in [-0.05, 0) is 30.5 Å². The van der Waals surface area contributed by atoms with Gasteiger partial charge in [-0.25, -0.2) is 8.42 Å². The third-order valence-corrected chi connectivity index (χ3v) is 3.85. The normalized spacial score (nSPS) is 12.6. The highest BCUT2D eigenvalue weighted by atomic mass is 32.2. The van der Waals surface area contributed by atoms with Crippen molar-refractivity contribution in [3.8, 4) is 0 Å². The Bertz CT molecular complexity index is 716. The average Bonchev–Trinajstić information content (AvgIpc) is 2.45. The van der Waals surface area contributed by atoms with Crippen molar-refractivity contribution >= 4 is 33.2 Å². The summed E-state index contributed by atoms with van der Waals surface area (Å²) in [6.45, 7) is 5.15. The number of rotatable bonds is 7. The Morgan fingerprint density at radius 1 is 1.25 bits per heavy atom. The van der Waals surface area contributed by atoms with Crippen LogP contribution in [0.1, 0.15) is 19.4 Å². The highest BCUT2D eigenvalue weighted by molar-refractivity contribution is 7.92. The first kappa shape index (κ1) is 19.9. The molecule has 0 aliphatic rings. The number of amides is 2. The molecule has 0 aliphatic heterocycles. The number of hydrogen-bond donors (Lipinski definition) is 4. The standard InChI is InChI=1S/C15H24N4O4S/c1-9(2)14(16)15(21)17-8-13(20)18-11-6-5-10(3)12(7-11)19-24(4,22)23/h5-7,9,14,19H,8,16H2,1-4H3,(H,17,21)(H,18,20)/t14-/m0/s1. The molecule has 1 aromatic carbocycles. The number of nitrogens with one attached hydrogen (secondary N) is 3. The lowest BCUT2D eigenvalue weighted by Gasteiger charge is -2.15. The third kappa shape index (κ3) is 6.55. The molecule has 1 rings (SSSR count). The monoisotopic (exact) mass is 356 g/mol. The molecular weight excluding hydrogens is 332 g/mol. The molecule has 1 aromatic rings. The van der Waals surface area contributed by atoms with Crippen LogP contribution in [0.4, 0.5) is 11.4 Å². The molecule has 0 fully saturated rings. The van der Waals surface area contributed by atoms with Gasteiger partial charge in [-0.15, -0.1) is 0 Å². The van der Waals surface area contributed by atoms with Crippen molar-refractivity contribution in [3.05, 3.63) is 23.8 Å². The second-order valence-corrected chi connectivity index (χ2v) is 7.69. The molecule has 0 bridgehead atoms. The van der Waals surface area contributed by atoms with E-state index < -0.39 is 27.9 Å². The van der Waals surface area contributed by atoms with Crippen LogP contribution in [0, 0.1) is 12.8 Å². The van der Waals surface area contributed by atoms with E-state index in [9.17, 15) is 18.0 Å². The van der Waals surface area contributed by atoms with Gasteiger partial charge < -0.3 is 16.4 Å². The van der Waals surface area contributed by atoms with Gasteiger partial charge in [0.15, 0.2) is 0 Å². The van der Waals surface area contributed by atoms with Crippen molar-refractivity contribution in [1.29, 1.82) is 0 Å². The Labute approximate surface area is 142 Å². The molecule has 0 radical (unpaired) electrons. The van der Waals surface area contributed by atoms with E-state index in [1.165, 1.54) is 6.07 Å². The van der Waals surface area contributed by atoms with Gasteiger partial charge in [0.05, 0.1) is 24.5 Å². The molecule has 0 aromatic heterocycles. The summed E-state index contributed by atoms with van der Waals surface area (Å²) in [4.78, 5) is 23.6. The van der Waals surface area contributed by atoms with Gasteiger partial charge in [0, 0.05) is 5.69 Å². The average molecular weight is 356 g/mol. The van der Waals surface area contributed by atoms with Crippen LogP contribution < -0.4 is 21.1 Å². The lowest BCUT2D eigenvalue weighted by molar-refractivity contribution is -0.125. The zero-order valence-corrected chi connectivity index (χ0v) is 15.0. The minimum absolute atomic E-state index is 0.0326. The number of anilines is 2. The summed E-state index contributed by atoms with van der Waals surface area (Å²) in [5.74, 6) is -0.869. The molecule has 0 unspecified atom stereocenters. The fourth-order valence-corrected chi connectivity index (χ4v) is 2.42. The first-order chi connectivity index (χ1) is 11.0. The molecule has 1 atom stereocenters. The van der Waals surface area contributed by atoms with E-state index in [0.29, 0.717) is 11.4 Å². The number of sulfonamides is 1. The summed E-state index contributed by atoms with van der Waals surface area (Å²) in [5, 5.41) is 5.05. The molecule has 8 nitrogen and oxygen atoms in total. The quantitative estimate of drug-likeness (QED) is 0.562. The molecule has 0 spiro atoms. The zero-order valence-electron chi connectivity index (χ0n) is 14.2. The predicted octanol–water partition coefficient (Wildman–Crippen LogP) is 0.405. The molecule has 0 aliphatic carbocycles. The Balaban J connectivity index is 2.68. The number of carbonyl (C=O) groups excluding carboxylic acids is 2. The molecule has 9 heteroatoms. The van der Waals surface area contributed by atoms with Crippen LogP contribution in [0.15, 0.2) is 18.2 Å². The van der Waals surface area contributed by atoms with Crippen molar-refractivity contribution in [2.24, 2.45) is 11.7 Å². The van der Waals surface area contributed by atoms with Crippen LogP contribution in [0.5, 0.6) is 0 Å². The molecular formula is C15H24N4O4S. The SMILES string of the molecule is Cc1ccc(NC(=O)CNC(=O)[C@@H](N)C(C)C)cc1NS(C)(=O)=O. The maximum atomic E-state index is 11.9. The van der Waals surface area contributed by atoms with Crippen molar-refractivity contribution in [2.75, 3.05) is 22.8 Å². The Morgan fingerprint density at radius 2 is 1.88 bits per heavy atom. The van der Waals surface area contributed by atoms with Gasteiger partial charge in [-0.1, -0.05) is 19.9 Å². The Hall–Kier alpha value is -2.13. The summed E-state index contributed by atoms with van der Waals surface area (Å²) >= 11 is 0. The van der Waals surface area contributed by atoms with Gasteiger partial charge in [-0.2, -0.15) is 0 Å². The maximum absolute atomic E-state index is 11.9.